The Kier molecular flexibility index (Phi) is 15.9. The minimum atomic E-state index is -3.43. The topological polar surface area (TPSA) is 137 Å². The number of esters is 1. The van der Waals surface area contributed by atoms with E-state index in [9.17, 15) is 14.2 Å². The molecular weight excluding hydrogens is 435 g/mol. The Bertz CT molecular complexity index is 691. The lowest BCUT2D eigenvalue weighted by Crippen LogP contribution is -2.47. The van der Waals surface area contributed by atoms with Gasteiger partial charge in [0.25, 0.3) is 0 Å². The molecule has 10 heteroatoms. The third-order valence-electron chi connectivity index (χ3n) is 4.40. The summed E-state index contributed by atoms with van der Waals surface area (Å²) < 4.78 is 29.3. The van der Waals surface area contributed by atoms with Crippen molar-refractivity contribution < 1.29 is 33.0 Å². The minimum Gasteiger partial charge on any atom is -0.481 e. The molecule has 0 saturated heterocycles. The zero-order valence-electron chi connectivity index (χ0n) is 19.8. The zero-order chi connectivity index (χ0) is 24.6. The fourth-order valence-corrected chi connectivity index (χ4v) is 4.79. The number of carbonyl (C=O) groups excluding carboxylic acids is 1. The maximum absolute atomic E-state index is 13.3. The number of carbonyl (C=O) groups is 2. The molecule has 32 heavy (non-hydrogen) atoms. The van der Waals surface area contributed by atoms with Gasteiger partial charge in [0.15, 0.2) is 0 Å². The van der Waals surface area contributed by atoms with E-state index in [4.69, 9.17) is 24.6 Å². The van der Waals surface area contributed by atoms with Crippen molar-refractivity contribution in [1.82, 2.24) is 5.32 Å². The number of nitrogens with two attached hydrogens (primary N) is 1. The summed E-state index contributed by atoms with van der Waals surface area (Å²) in [4.78, 5) is 21.7. The standard InChI is InChI=1S/C19H32NO5P.C3H7NO2/c1-6-24-26(22,25-7-2)17(14-13-16-11-9-8-10-12-16)20-18(15(3)4)19(21)23-5;4-2-1-3(5)6/h8-12,15,17-18,20H,6-7,13-14H2,1-5H3;1-2,4H2,(H,5,6)/t17?,18-;/m0./s1. The van der Waals surface area contributed by atoms with Gasteiger partial charge in [-0.25, -0.2) is 0 Å². The molecule has 1 aromatic rings. The molecule has 0 bridgehead atoms. The van der Waals surface area contributed by atoms with Gasteiger partial charge in [-0.2, -0.15) is 0 Å². The Morgan fingerprint density at radius 1 is 1.12 bits per heavy atom. The van der Waals surface area contributed by atoms with Gasteiger partial charge >= 0.3 is 19.5 Å². The number of rotatable bonds is 14. The van der Waals surface area contributed by atoms with Crippen molar-refractivity contribution in [1.29, 1.82) is 0 Å². The van der Waals surface area contributed by atoms with Gasteiger partial charge in [0.1, 0.15) is 11.8 Å². The molecule has 0 fully saturated rings. The molecule has 1 aromatic carbocycles. The number of aliphatic carboxylic acids is 1. The SMILES string of the molecule is CCOP(=O)(OCC)C(CCc1ccccc1)N[C@H](C(=O)OC)C(C)C.NCCC(=O)O. The highest BCUT2D eigenvalue weighted by Crippen LogP contribution is 2.53. The first-order valence-electron chi connectivity index (χ1n) is 10.8. The monoisotopic (exact) mass is 474 g/mol. The number of ether oxygens (including phenoxy) is 1. The summed E-state index contributed by atoms with van der Waals surface area (Å²) in [5.74, 6) is -1.85. The highest BCUT2D eigenvalue weighted by Gasteiger charge is 2.39. The average Bonchev–Trinajstić information content (AvgIpc) is 2.74. The number of benzene rings is 1. The first kappa shape index (κ1) is 30.2. The van der Waals surface area contributed by atoms with E-state index in [-0.39, 0.29) is 38.1 Å². The summed E-state index contributed by atoms with van der Waals surface area (Å²) >= 11 is 0. The molecule has 0 saturated carbocycles. The molecule has 0 spiro atoms. The largest absolute Gasteiger partial charge is 0.481 e. The van der Waals surface area contributed by atoms with E-state index in [1.165, 1.54) is 7.11 Å². The Morgan fingerprint density at radius 3 is 2.06 bits per heavy atom. The molecule has 1 unspecified atom stereocenters. The maximum Gasteiger partial charge on any atom is 0.347 e. The van der Waals surface area contributed by atoms with E-state index in [0.29, 0.717) is 12.8 Å². The summed E-state index contributed by atoms with van der Waals surface area (Å²) in [7, 11) is -2.08. The highest BCUT2D eigenvalue weighted by molar-refractivity contribution is 7.54. The number of methoxy groups -OCH3 is 1. The Morgan fingerprint density at radius 2 is 1.69 bits per heavy atom. The Hall–Kier alpha value is -1.77. The molecule has 0 aliphatic heterocycles. The number of hydrogen-bond acceptors (Lipinski definition) is 8. The molecule has 0 aliphatic carbocycles. The minimum absolute atomic E-state index is 0.0293. The van der Waals surface area contributed by atoms with Crippen LogP contribution in [0.4, 0.5) is 0 Å². The average molecular weight is 475 g/mol. The summed E-state index contributed by atoms with van der Waals surface area (Å²) in [6, 6.07) is 9.33. The quantitative estimate of drug-likeness (QED) is 0.273. The molecule has 184 valence electrons. The van der Waals surface area contributed by atoms with E-state index in [1.807, 2.05) is 44.2 Å². The lowest BCUT2D eigenvalue weighted by Gasteiger charge is -2.31. The van der Waals surface area contributed by atoms with E-state index < -0.39 is 25.4 Å². The van der Waals surface area contributed by atoms with Gasteiger partial charge in [0.05, 0.1) is 26.7 Å². The van der Waals surface area contributed by atoms with Crippen LogP contribution in [-0.2, 0) is 34.4 Å². The van der Waals surface area contributed by atoms with E-state index in [2.05, 4.69) is 5.32 Å². The fourth-order valence-electron chi connectivity index (χ4n) is 2.85. The summed E-state index contributed by atoms with van der Waals surface area (Å²) in [6.45, 7) is 8.15. The number of carboxylic acid groups (broad SMARTS) is 1. The van der Waals surface area contributed by atoms with Crippen LogP contribution in [0.5, 0.6) is 0 Å². The predicted octanol–water partition coefficient (Wildman–Crippen LogP) is 3.42. The van der Waals surface area contributed by atoms with Gasteiger partial charge in [-0.1, -0.05) is 44.2 Å². The van der Waals surface area contributed by atoms with Crippen molar-refractivity contribution in [2.75, 3.05) is 26.9 Å². The third-order valence-corrected chi connectivity index (χ3v) is 6.81. The second-order valence-corrected chi connectivity index (χ2v) is 9.48. The van der Waals surface area contributed by atoms with Crippen LogP contribution in [0, 0.1) is 5.92 Å². The molecule has 1 rings (SSSR count). The molecule has 0 heterocycles. The van der Waals surface area contributed by atoms with Gasteiger partial charge in [-0.15, -0.1) is 0 Å². The first-order chi connectivity index (χ1) is 15.1. The van der Waals surface area contributed by atoms with Crippen molar-refractivity contribution in [2.45, 2.75) is 58.8 Å². The lowest BCUT2D eigenvalue weighted by molar-refractivity contribution is -0.144. The van der Waals surface area contributed by atoms with Crippen LogP contribution < -0.4 is 11.1 Å². The lowest BCUT2D eigenvalue weighted by atomic mass is 10.0. The normalized spacial score (nSPS) is 13.1. The van der Waals surface area contributed by atoms with Gasteiger partial charge in [0.2, 0.25) is 0 Å². The van der Waals surface area contributed by atoms with Crippen LogP contribution in [0.2, 0.25) is 0 Å². The molecule has 9 nitrogen and oxygen atoms in total. The van der Waals surface area contributed by atoms with Crippen molar-refractivity contribution in [2.24, 2.45) is 11.7 Å². The molecule has 0 aliphatic rings. The van der Waals surface area contributed by atoms with Gasteiger partial charge in [-0.05, 0) is 38.2 Å². The van der Waals surface area contributed by atoms with Gasteiger partial charge in [0, 0.05) is 6.54 Å². The maximum atomic E-state index is 13.3. The zero-order valence-corrected chi connectivity index (χ0v) is 20.7. The third kappa shape index (κ3) is 11.7. The number of aryl methyl sites for hydroxylation is 1. The van der Waals surface area contributed by atoms with Crippen molar-refractivity contribution in [3.63, 3.8) is 0 Å². The number of nitrogens with one attached hydrogen (secondary N) is 1. The predicted molar refractivity (Wildman–Crippen MR) is 124 cm³/mol. The number of hydrogen-bond donors (Lipinski definition) is 3. The van der Waals surface area contributed by atoms with Crippen LogP contribution >= 0.6 is 7.60 Å². The van der Waals surface area contributed by atoms with Crippen LogP contribution in [0.1, 0.15) is 46.1 Å². The number of carboxylic acids is 1. The Labute approximate surface area is 191 Å². The molecule has 0 radical (unpaired) electrons. The Balaban J connectivity index is 0.00000140. The molecular formula is C22H39N2O7P. The molecule has 4 N–H and O–H groups in total. The van der Waals surface area contributed by atoms with E-state index in [0.717, 1.165) is 5.56 Å². The van der Waals surface area contributed by atoms with Crippen LogP contribution in [0.25, 0.3) is 0 Å². The summed E-state index contributed by atoms with van der Waals surface area (Å²) in [5.41, 5.74) is 5.97. The molecule has 2 atom stereocenters. The van der Waals surface area contributed by atoms with Crippen molar-refractivity contribution >= 4 is 19.5 Å². The smallest absolute Gasteiger partial charge is 0.347 e. The van der Waals surface area contributed by atoms with Crippen molar-refractivity contribution in [3.8, 4) is 0 Å². The second-order valence-electron chi connectivity index (χ2n) is 7.26. The summed E-state index contributed by atoms with van der Waals surface area (Å²) in [6.07, 6.45) is 1.27. The van der Waals surface area contributed by atoms with Gasteiger partial charge in [-0.3, -0.25) is 19.5 Å². The van der Waals surface area contributed by atoms with Gasteiger partial charge < -0.3 is 24.6 Å². The van der Waals surface area contributed by atoms with E-state index >= 15 is 0 Å². The van der Waals surface area contributed by atoms with Crippen molar-refractivity contribution in [3.05, 3.63) is 35.9 Å². The van der Waals surface area contributed by atoms with Crippen LogP contribution in [0.3, 0.4) is 0 Å². The van der Waals surface area contributed by atoms with Crippen LogP contribution in [-0.4, -0.2) is 55.7 Å². The first-order valence-corrected chi connectivity index (χ1v) is 12.4. The molecule has 0 aromatic heterocycles. The second kappa shape index (κ2) is 16.8. The van der Waals surface area contributed by atoms with E-state index in [1.54, 1.807) is 13.8 Å². The summed E-state index contributed by atoms with van der Waals surface area (Å²) in [5, 5.41) is 11.0. The van der Waals surface area contributed by atoms with Crippen LogP contribution in [0.15, 0.2) is 30.3 Å². The molecule has 0 amide bonds. The highest BCUT2D eigenvalue weighted by atomic mass is 31.2. The fraction of sp³-hybridized carbons (Fsp3) is 0.636.